The lowest BCUT2D eigenvalue weighted by Gasteiger charge is -2.06. The second-order valence-corrected chi connectivity index (χ2v) is 2.88. The van der Waals surface area contributed by atoms with E-state index in [-0.39, 0.29) is 5.91 Å². The standard InChI is InChI=1S/C10H14N2O2/c1-14-7-6-10(13)12-9-5-3-2-4-8(9)11/h2-5H,6-7,11H2,1H3,(H,12,13). The molecule has 0 heterocycles. The summed E-state index contributed by atoms with van der Waals surface area (Å²) in [4.78, 5) is 11.3. The molecule has 0 aliphatic carbocycles. The van der Waals surface area contributed by atoms with E-state index in [1.54, 1.807) is 19.2 Å². The monoisotopic (exact) mass is 194 g/mol. The lowest BCUT2D eigenvalue weighted by molar-refractivity contribution is -0.117. The Balaban J connectivity index is 2.52. The minimum absolute atomic E-state index is 0.0928. The average molecular weight is 194 g/mol. The highest BCUT2D eigenvalue weighted by Crippen LogP contribution is 2.16. The van der Waals surface area contributed by atoms with E-state index in [1.807, 2.05) is 12.1 Å². The molecule has 1 aromatic carbocycles. The van der Waals surface area contributed by atoms with Gasteiger partial charge in [0.1, 0.15) is 0 Å². The lowest BCUT2D eigenvalue weighted by Crippen LogP contribution is -2.14. The topological polar surface area (TPSA) is 64.3 Å². The fourth-order valence-electron chi connectivity index (χ4n) is 1.02. The molecule has 0 spiro atoms. The smallest absolute Gasteiger partial charge is 0.226 e. The van der Waals surface area contributed by atoms with Crippen molar-refractivity contribution in [3.05, 3.63) is 24.3 Å². The van der Waals surface area contributed by atoms with Gasteiger partial charge in [0.05, 0.1) is 24.4 Å². The molecule has 0 atom stereocenters. The zero-order chi connectivity index (χ0) is 10.4. The number of para-hydroxylation sites is 2. The second kappa shape index (κ2) is 5.24. The number of hydrogen-bond acceptors (Lipinski definition) is 3. The molecule has 76 valence electrons. The maximum Gasteiger partial charge on any atom is 0.226 e. The van der Waals surface area contributed by atoms with Gasteiger partial charge in [-0.1, -0.05) is 12.1 Å². The quantitative estimate of drug-likeness (QED) is 0.709. The summed E-state index contributed by atoms with van der Waals surface area (Å²) >= 11 is 0. The molecular formula is C10H14N2O2. The van der Waals surface area contributed by atoms with Gasteiger partial charge in [0.2, 0.25) is 5.91 Å². The molecule has 1 aromatic rings. The maximum absolute atomic E-state index is 11.3. The molecule has 3 N–H and O–H groups in total. The number of nitrogens with one attached hydrogen (secondary N) is 1. The van der Waals surface area contributed by atoms with Crippen molar-refractivity contribution in [2.24, 2.45) is 0 Å². The van der Waals surface area contributed by atoms with Crippen LogP contribution in [-0.4, -0.2) is 19.6 Å². The molecule has 0 saturated carbocycles. The highest BCUT2D eigenvalue weighted by molar-refractivity contribution is 5.93. The van der Waals surface area contributed by atoms with Crippen LogP contribution in [0.25, 0.3) is 0 Å². The molecule has 0 aliphatic rings. The third kappa shape index (κ3) is 3.06. The molecular weight excluding hydrogens is 180 g/mol. The number of hydrogen-bond donors (Lipinski definition) is 2. The number of methoxy groups -OCH3 is 1. The zero-order valence-electron chi connectivity index (χ0n) is 8.12. The van der Waals surface area contributed by atoms with Crippen molar-refractivity contribution in [1.82, 2.24) is 0 Å². The first kappa shape index (κ1) is 10.5. The first-order valence-corrected chi connectivity index (χ1v) is 4.37. The number of carbonyl (C=O) groups is 1. The fraction of sp³-hybridized carbons (Fsp3) is 0.300. The van der Waals surface area contributed by atoms with Crippen LogP contribution in [-0.2, 0) is 9.53 Å². The summed E-state index contributed by atoms with van der Waals surface area (Å²) in [6, 6.07) is 7.15. The van der Waals surface area contributed by atoms with E-state index in [0.717, 1.165) is 0 Å². The molecule has 0 fully saturated rings. The van der Waals surface area contributed by atoms with Crippen molar-refractivity contribution >= 4 is 17.3 Å². The van der Waals surface area contributed by atoms with E-state index in [4.69, 9.17) is 10.5 Å². The number of ether oxygens (including phenoxy) is 1. The molecule has 4 nitrogen and oxygen atoms in total. The van der Waals surface area contributed by atoms with Crippen LogP contribution in [0.3, 0.4) is 0 Å². The normalized spacial score (nSPS) is 9.79. The molecule has 0 radical (unpaired) electrons. The number of amides is 1. The largest absolute Gasteiger partial charge is 0.397 e. The summed E-state index contributed by atoms with van der Waals surface area (Å²) in [7, 11) is 1.56. The van der Waals surface area contributed by atoms with E-state index >= 15 is 0 Å². The Labute approximate surface area is 83.1 Å². The van der Waals surface area contributed by atoms with Crippen LogP contribution in [0.1, 0.15) is 6.42 Å². The Bertz CT molecular complexity index is 313. The Morgan fingerprint density at radius 3 is 2.86 bits per heavy atom. The summed E-state index contributed by atoms with van der Waals surface area (Å²) in [5.41, 5.74) is 6.87. The van der Waals surface area contributed by atoms with Gasteiger partial charge < -0.3 is 15.8 Å². The van der Waals surface area contributed by atoms with Crippen molar-refractivity contribution in [3.63, 3.8) is 0 Å². The van der Waals surface area contributed by atoms with E-state index < -0.39 is 0 Å². The second-order valence-electron chi connectivity index (χ2n) is 2.88. The predicted molar refractivity (Wildman–Crippen MR) is 56.0 cm³/mol. The summed E-state index contributed by atoms with van der Waals surface area (Å²) < 4.78 is 4.79. The summed E-state index contributed by atoms with van der Waals surface area (Å²) in [6.07, 6.45) is 0.338. The summed E-state index contributed by atoms with van der Waals surface area (Å²) in [5, 5.41) is 2.70. The Hall–Kier alpha value is -1.55. The van der Waals surface area contributed by atoms with Crippen molar-refractivity contribution in [2.45, 2.75) is 6.42 Å². The molecule has 1 rings (SSSR count). The lowest BCUT2D eigenvalue weighted by atomic mass is 10.2. The van der Waals surface area contributed by atoms with Crippen LogP contribution in [0.4, 0.5) is 11.4 Å². The third-order valence-corrected chi connectivity index (χ3v) is 1.77. The van der Waals surface area contributed by atoms with Gasteiger partial charge in [-0.05, 0) is 12.1 Å². The van der Waals surface area contributed by atoms with Gasteiger partial charge in [-0.15, -0.1) is 0 Å². The SMILES string of the molecule is COCCC(=O)Nc1ccccc1N. The highest BCUT2D eigenvalue weighted by Gasteiger charge is 2.03. The molecule has 14 heavy (non-hydrogen) atoms. The van der Waals surface area contributed by atoms with Gasteiger partial charge in [-0.25, -0.2) is 0 Å². The first-order valence-electron chi connectivity index (χ1n) is 4.37. The predicted octanol–water partition coefficient (Wildman–Crippen LogP) is 1.24. The van der Waals surface area contributed by atoms with Crippen LogP contribution in [0.15, 0.2) is 24.3 Å². The van der Waals surface area contributed by atoms with Gasteiger partial charge >= 0.3 is 0 Å². The Kier molecular flexibility index (Phi) is 3.94. The third-order valence-electron chi connectivity index (χ3n) is 1.77. The number of anilines is 2. The van der Waals surface area contributed by atoms with Crippen molar-refractivity contribution in [1.29, 1.82) is 0 Å². The van der Waals surface area contributed by atoms with Gasteiger partial charge in [0.25, 0.3) is 0 Å². The molecule has 0 saturated heterocycles. The van der Waals surface area contributed by atoms with Crippen molar-refractivity contribution < 1.29 is 9.53 Å². The van der Waals surface area contributed by atoms with E-state index in [9.17, 15) is 4.79 Å². The van der Waals surface area contributed by atoms with Crippen LogP contribution < -0.4 is 11.1 Å². The van der Waals surface area contributed by atoms with Gasteiger partial charge in [0, 0.05) is 7.11 Å². The van der Waals surface area contributed by atoms with E-state index in [0.29, 0.717) is 24.4 Å². The molecule has 0 bridgehead atoms. The highest BCUT2D eigenvalue weighted by atomic mass is 16.5. The maximum atomic E-state index is 11.3. The van der Waals surface area contributed by atoms with E-state index in [1.165, 1.54) is 0 Å². The molecule has 0 aromatic heterocycles. The van der Waals surface area contributed by atoms with E-state index in [2.05, 4.69) is 5.32 Å². The molecule has 1 amide bonds. The molecule has 0 aliphatic heterocycles. The van der Waals surface area contributed by atoms with Crippen LogP contribution >= 0.6 is 0 Å². The average Bonchev–Trinajstić information content (AvgIpc) is 2.18. The number of benzene rings is 1. The Morgan fingerprint density at radius 1 is 1.50 bits per heavy atom. The fourth-order valence-corrected chi connectivity index (χ4v) is 1.02. The molecule has 4 heteroatoms. The first-order chi connectivity index (χ1) is 6.74. The minimum Gasteiger partial charge on any atom is -0.397 e. The van der Waals surface area contributed by atoms with Crippen LogP contribution in [0.2, 0.25) is 0 Å². The summed E-state index contributed by atoms with van der Waals surface area (Å²) in [5.74, 6) is -0.0928. The summed E-state index contributed by atoms with van der Waals surface area (Å²) in [6.45, 7) is 0.415. The van der Waals surface area contributed by atoms with Gasteiger partial charge in [0.15, 0.2) is 0 Å². The number of nitrogens with two attached hydrogens (primary N) is 1. The zero-order valence-corrected chi connectivity index (χ0v) is 8.12. The molecule has 0 unspecified atom stereocenters. The Morgan fingerprint density at radius 2 is 2.21 bits per heavy atom. The minimum atomic E-state index is -0.0928. The number of carbonyl (C=O) groups excluding carboxylic acids is 1. The van der Waals surface area contributed by atoms with Crippen LogP contribution in [0.5, 0.6) is 0 Å². The van der Waals surface area contributed by atoms with Gasteiger partial charge in [-0.3, -0.25) is 4.79 Å². The number of rotatable bonds is 4. The van der Waals surface area contributed by atoms with Gasteiger partial charge in [-0.2, -0.15) is 0 Å². The van der Waals surface area contributed by atoms with Crippen molar-refractivity contribution in [2.75, 3.05) is 24.8 Å². The van der Waals surface area contributed by atoms with Crippen LogP contribution in [0, 0.1) is 0 Å². The number of nitrogen functional groups attached to an aromatic ring is 1. The van der Waals surface area contributed by atoms with Crippen molar-refractivity contribution in [3.8, 4) is 0 Å².